The second kappa shape index (κ2) is 15.0. The number of likely N-dealkylation sites (N-methyl/N-ethyl adjacent to an activating group) is 2. The van der Waals surface area contributed by atoms with Gasteiger partial charge in [-0.15, -0.1) is 11.6 Å². The number of hydrazine groups is 1. The summed E-state index contributed by atoms with van der Waals surface area (Å²) in [6, 6.07) is 5.98. The van der Waals surface area contributed by atoms with Crippen LogP contribution in [-0.4, -0.2) is 92.0 Å². The van der Waals surface area contributed by atoms with Gasteiger partial charge in [-0.2, -0.15) is 0 Å². The Hall–Kier alpha value is -4.49. The SMILES string of the molecule is COC(=O)c1c(C)[nH]c2c(OC(=O)N(C)CC(=O)N(C)N)cc(NC(C=O)C(C)Oc3ccc(OC)cc3C)c([C@@H](C)CCl)c12. The summed E-state index contributed by atoms with van der Waals surface area (Å²) in [5.41, 5.74) is 2.79. The number of aromatic nitrogens is 1. The minimum atomic E-state index is -0.893. The lowest BCUT2D eigenvalue weighted by molar-refractivity contribution is -0.130. The average molecular weight is 646 g/mol. The summed E-state index contributed by atoms with van der Waals surface area (Å²) < 4.78 is 22.3. The zero-order valence-corrected chi connectivity index (χ0v) is 27.4. The predicted octanol–water partition coefficient (Wildman–Crippen LogP) is 4.13. The van der Waals surface area contributed by atoms with Crippen LogP contribution in [0.5, 0.6) is 17.2 Å². The molecule has 13 nitrogen and oxygen atoms in total. The van der Waals surface area contributed by atoms with Crippen molar-refractivity contribution in [3.05, 3.63) is 46.6 Å². The number of alkyl halides is 1. The molecule has 1 aromatic heterocycles. The van der Waals surface area contributed by atoms with Gasteiger partial charge in [0.2, 0.25) is 0 Å². The molecule has 0 spiro atoms. The maximum atomic E-state index is 13.1. The number of hydrogen-bond acceptors (Lipinski definition) is 10. The third-order valence-corrected chi connectivity index (χ3v) is 7.79. The van der Waals surface area contributed by atoms with Crippen molar-refractivity contribution in [1.29, 1.82) is 0 Å². The van der Waals surface area contributed by atoms with E-state index < -0.39 is 30.1 Å². The Balaban J connectivity index is 2.15. The number of H-pyrrole nitrogens is 1. The largest absolute Gasteiger partial charge is 0.497 e. The summed E-state index contributed by atoms with van der Waals surface area (Å²) in [5, 5.41) is 4.49. The first-order valence-electron chi connectivity index (χ1n) is 14.1. The summed E-state index contributed by atoms with van der Waals surface area (Å²) >= 11 is 6.36. The highest BCUT2D eigenvalue weighted by molar-refractivity contribution is 6.19. The molecule has 0 aliphatic rings. The molecule has 0 aliphatic carbocycles. The van der Waals surface area contributed by atoms with E-state index in [0.717, 1.165) is 15.5 Å². The van der Waals surface area contributed by atoms with Crippen molar-refractivity contribution < 1.29 is 38.1 Å². The normalized spacial score (nSPS) is 12.9. The molecule has 2 unspecified atom stereocenters. The van der Waals surface area contributed by atoms with Crippen LogP contribution < -0.4 is 25.4 Å². The van der Waals surface area contributed by atoms with E-state index in [0.29, 0.717) is 45.6 Å². The fourth-order valence-corrected chi connectivity index (χ4v) is 4.94. The number of carbonyl (C=O) groups excluding carboxylic acids is 4. The fraction of sp³-hybridized carbons (Fsp3) is 0.419. The number of rotatable bonds is 13. The smallest absolute Gasteiger partial charge is 0.415 e. The number of halogens is 1. The number of nitrogens with zero attached hydrogens (tertiary/aromatic N) is 2. The van der Waals surface area contributed by atoms with Crippen molar-refractivity contribution in [3.8, 4) is 17.2 Å². The monoisotopic (exact) mass is 645 g/mol. The van der Waals surface area contributed by atoms with E-state index >= 15 is 0 Å². The van der Waals surface area contributed by atoms with Gasteiger partial charge in [-0.1, -0.05) is 6.92 Å². The fourth-order valence-electron chi connectivity index (χ4n) is 4.79. The molecule has 244 valence electrons. The third kappa shape index (κ3) is 7.78. The van der Waals surface area contributed by atoms with Gasteiger partial charge < -0.3 is 38.9 Å². The number of nitrogens with one attached hydrogen (secondary N) is 2. The molecule has 0 saturated carbocycles. The van der Waals surface area contributed by atoms with Crippen molar-refractivity contribution in [2.45, 2.75) is 45.8 Å². The quantitative estimate of drug-likeness (QED) is 0.0614. The topological polar surface area (TPSA) is 166 Å². The van der Waals surface area contributed by atoms with Gasteiger partial charge in [-0.25, -0.2) is 15.4 Å². The molecule has 14 heteroatoms. The minimum Gasteiger partial charge on any atom is -0.497 e. The van der Waals surface area contributed by atoms with Gasteiger partial charge in [-0.05, 0) is 56.0 Å². The number of hydrogen-bond donors (Lipinski definition) is 3. The average Bonchev–Trinajstić information content (AvgIpc) is 3.36. The standard InChI is InChI=1S/C31H40ClN5O8/c1-16-11-20(42-7)9-10-23(16)44-19(4)22(15-38)35-21-12-24(45-31(41)36(5)14-25(39)37(6)33)29-28(26(21)17(2)13-32)27(18(3)34-29)30(40)43-8/h9-12,15,17,19,22,34-35H,13-14,33H2,1-8H3/t17-,19?,22?/m0/s1. The summed E-state index contributed by atoms with van der Waals surface area (Å²) in [6.45, 7) is 6.80. The Bertz CT molecular complexity index is 1570. The zero-order chi connectivity index (χ0) is 33.6. The molecule has 0 fully saturated rings. The van der Waals surface area contributed by atoms with Crippen molar-refractivity contribution in [2.24, 2.45) is 5.84 Å². The summed E-state index contributed by atoms with van der Waals surface area (Å²) in [4.78, 5) is 54.9. The van der Waals surface area contributed by atoms with Crippen LogP contribution in [0.25, 0.3) is 10.9 Å². The molecule has 3 aromatic rings. The molecule has 1 heterocycles. The second-order valence-electron chi connectivity index (χ2n) is 10.7. The Morgan fingerprint density at radius 2 is 1.80 bits per heavy atom. The van der Waals surface area contributed by atoms with Gasteiger partial charge in [0, 0.05) is 42.8 Å². The minimum absolute atomic E-state index is 0.0332. The number of methoxy groups -OCH3 is 2. The Morgan fingerprint density at radius 3 is 2.36 bits per heavy atom. The van der Waals surface area contributed by atoms with E-state index in [4.69, 9.17) is 36.4 Å². The first kappa shape index (κ1) is 35.0. The van der Waals surface area contributed by atoms with Gasteiger partial charge in [0.25, 0.3) is 5.91 Å². The molecular formula is C31H40ClN5O8. The molecule has 2 amide bonds. The zero-order valence-electron chi connectivity index (χ0n) is 26.6. The number of aromatic amines is 1. The number of carbonyl (C=O) groups is 4. The Labute approximate surface area is 266 Å². The van der Waals surface area contributed by atoms with Crippen molar-refractivity contribution in [2.75, 3.05) is 46.1 Å². The summed E-state index contributed by atoms with van der Waals surface area (Å²) in [6.07, 6.45) is -0.823. The van der Waals surface area contributed by atoms with Gasteiger partial charge in [0.15, 0.2) is 5.75 Å². The molecule has 3 atom stereocenters. The number of ether oxygens (including phenoxy) is 4. The van der Waals surface area contributed by atoms with Gasteiger partial charge >= 0.3 is 12.1 Å². The van der Waals surface area contributed by atoms with E-state index in [1.54, 1.807) is 39.2 Å². The number of benzene rings is 2. The first-order valence-corrected chi connectivity index (χ1v) is 14.6. The summed E-state index contributed by atoms with van der Waals surface area (Å²) in [5.74, 6) is 5.44. The molecule has 2 aromatic carbocycles. The lowest BCUT2D eigenvalue weighted by Crippen LogP contribution is -2.43. The molecule has 0 saturated heterocycles. The van der Waals surface area contributed by atoms with Crippen LogP contribution in [-0.2, 0) is 14.3 Å². The number of fused-ring (bicyclic) bond motifs is 1. The molecule has 3 rings (SSSR count). The van der Waals surface area contributed by atoms with Crippen molar-refractivity contribution >= 4 is 52.4 Å². The van der Waals surface area contributed by atoms with Crippen LogP contribution in [0.15, 0.2) is 24.3 Å². The van der Waals surface area contributed by atoms with Gasteiger partial charge in [-0.3, -0.25) is 9.80 Å². The van der Waals surface area contributed by atoms with Crippen LogP contribution in [0.4, 0.5) is 10.5 Å². The van der Waals surface area contributed by atoms with Crippen LogP contribution in [0, 0.1) is 13.8 Å². The Kier molecular flexibility index (Phi) is 11.7. The number of nitrogens with two attached hydrogens (primary N) is 1. The summed E-state index contributed by atoms with van der Waals surface area (Å²) in [7, 11) is 5.57. The lowest BCUT2D eigenvalue weighted by Gasteiger charge is -2.27. The van der Waals surface area contributed by atoms with Crippen LogP contribution in [0.2, 0.25) is 0 Å². The van der Waals surface area contributed by atoms with Gasteiger partial charge in [0.1, 0.15) is 36.5 Å². The maximum Gasteiger partial charge on any atom is 0.415 e. The van der Waals surface area contributed by atoms with Crippen molar-refractivity contribution in [3.63, 3.8) is 0 Å². The van der Waals surface area contributed by atoms with Gasteiger partial charge in [0.05, 0.1) is 25.3 Å². The van der Waals surface area contributed by atoms with E-state index in [2.05, 4.69) is 10.3 Å². The number of aryl methyl sites for hydroxylation is 2. The number of aldehydes is 1. The van der Waals surface area contributed by atoms with Crippen LogP contribution >= 0.6 is 11.6 Å². The molecule has 4 N–H and O–H groups in total. The molecule has 0 radical (unpaired) electrons. The van der Waals surface area contributed by atoms with Crippen LogP contribution in [0.1, 0.15) is 46.9 Å². The number of anilines is 1. The molecule has 0 aliphatic heterocycles. The lowest BCUT2D eigenvalue weighted by atomic mass is 9.93. The number of amides is 2. The van der Waals surface area contributed by atoms with E-state index in [1.165, 1.54) is 21.2 Å². The van der Waals surface area contributed by atoms with Crippen molar-refractivity contribution in [1.82, 2.24) is 14.9 Å². The highest BCUT2D eigenvalue weighted by atomic mass is 35.5. The highest BCUT2D eigenvalue weighted by Crippen LogP contribution is 2.42. The van der Waals surface area contributed by atoms with E-state index in [9.17, 15) is 19.2 Å². The van der Waals surface area contributed by atoms with E-state index in [1.807, 2.05) is 19.9 Å². The predicted molar refractivity (Wildman–Crippen MR) is 170 cm³/mol. The Morgan fingerprint density at radius 1 is 1.11 bits per heavy atom. The second-order valence-corrected chi connectivity index (χ2v) is 11.1. The first-order chi connectivity index (χ1) is 21.3. The molecular weight excluding hydrogens is 606 g/mol. The molecule has 0 bridgehead atoms. The maximum absolute atomic E-state index is 13.1. The highest BCUT2D eigenvalue weighted by Gasteiger charge is 2.30. The van der Waals surface area contributed by atoms with E-state index in [-0.39, 0.29) is 29.7 Å². The molecule has 45 heavy (non-hydrogen) atoms. The third-order valence-electron chi connectivity index (χ3n) is 7.33. The number of esters is 1. The van der Waals surface area contributed by atoms with Crippen LogP contribution in [0.3, 0.4) is 0 Å².